The molecule has 1 aliphatic heterocycles. The highest BCUT2D eigenvalue weighted by Crippen LogP contribution is 2.36. The molecule has 0 aliphatic carbocycles. The first kappa shape index (κ1) is 14.3. The van der Waals surface area contributed by atoms with Crippen molar-refractivity contribution >= 4 is 12.6 Å². The topological polar surface area (TPSA) is 40.6 Å². The lowest BCUT2D eigenvalue weighted by molar-refractivity contribution is 0.00578. The number of nitrogens with zero attached hydrogens (tertiary/aromatic N) is 1. The highest BCUT2D eigenvalue weighted by molar-refractivity contribution is 6.62. The Morgan fingerprint density at radius 1 is 1.21 bits per heavy atom. The molecule has 0 saturated carbocycles. The first-order valence-electron chi connectivity index (χ1n) is 6.72. The lowest BCUT2D eigenvalue weighted by Gasteiger charge is -2.32. The molecule has 4 nitrogen and oxygen atoms in total. The first-order valence-corrected chi connectivity index (χ1v) is 6.72. The number of ether oxygens (including phenoxy) is 1. The molecule has 5 heteroatoms. The van der Waals surface area contributed by atoms with Crippen molar-refractivity contribution in [2.24, 2.45) is 0 Å². The Morgan fingerprint density at radius 3 is 2.32 bits per heavy atom. The Hall–Kier alpha value is -1.07. The molecule has 0 atom stereocenters. The molecule has 1 fully saturated rings. The second kappa shape index (κ2) is 4.80. The first-order chi connectivity index (χ1) is 8.78. The molecule has 1 aromatic rings. The van der Waals surface area contributed by atoms with Gasteiger partial charge in [0.15, 0.2) is 0 Å². The minimum atomic E-state index is -0.368. The fourth-order valence-electron chi connectivity index (χ4n) is 2.04. The zero-order valence-electron chi connectivity index (χ0n) is 12.6. The Kier molecular flexibility index (Phi) is 3.62. The largest absolute Gasteiger partial charge is 0.495 e. The zero-order valence-corrected chi connectivity index (χ0v) is 12.6. The van der Waals surface area contributed by atoms with E-state index in [0.29, 0.717) is 12.5 Å². The molecule has 1 aromatic heterocycles. The molecule has 1 saturated heterocycles. The third-order valence-corrected chi connectivity index (χ3v) is 3.99. The number of rotatable bonds is 3. The van der Waals surface area contributed by atoms with E-state index in [0.717, 1.165) is 11.0 Å². The van der Waals surface area contributed by atoms with Crippen LogP contribution in [0.15, 0.2) is 12.3 Å². The van der Waals surface area contributed by atoms with E-state index in [1.54, 1.807) is 6.20 Å². The molecule has 0 aromatic carbocycles. The fraction of sp³-hybridized carbons (Fsp3) is 0.643. The number of aromatic nitrogens is 1. The summed E-state index contributed by atoms with van der Waals surface area (Å²) in [7, 11) is -0.368. The van der Waals surface area contributed by atoms with Crippen LogP contribution in [-0.2, 0) is 9.31 Å². The second-order valence-electron chi connectivity index (χ2n) is 5.85. The summed E-state index contributed by atoms with van der Waals surface area (Å²) < 4.78 is 17.6. The maximum absolute atomic E-state index is 6.06. The predicted molar refractivity (Wildman–Crippen MR) is 75.9 cm³/mol. The average molecular weight is 263 g/mol. The summed E-state index contributed by atoms with van der Waals surface area (Å²) in [6.07, 6.45) is 1.73. The highest BCUT2D eigenvalue weighted by atomic mass is 16.7. The van der Waals surface area contributed by atoms with E-state index in [2.05, 4.69) is 4.98 Å². The summed E-state index contributed by atoms with van der Waals surface area (Å²) >= 11 is 0. The summed E-state index contributed by atoms with van der Waals surface area (Å²) in [4.78, 5) is 4.24. The molecule has 104 valence electrons. The van der Waals surface area contributed by atoms with Gasteiger partial charge < -0.3 is 14.0 Å². The Labute approximate surface area is 115 Å². The van der Waals surface area contributed by atoms with Gasteiger partial charge in [-0.2, -0.15) is 0 Å². The van der Waals surface area contributed by atoms with Crippen molar-refractivity contribution in [1.29, 1.82) is 0 Å². The van der Waals surface area contributed by atoms with Crippen LogP contribution in [0.3, 0.4) is 0 Å². The smallest absolute Gasteiger partial charge is 0.478 e. The van der Waals surface area contributed by atoms with Crippen molar-refractivity contribution in [3.63, 3.8) is 0 Å². The number of pyridine rings is 1. The molecule has 0 amide bonds. The highest BCUT2D eigenvalue weighted by Gasteiger charge is 2.52. The molecule has 2 heterocycles. The van der Waals surface area contributed by atoms with E-state index in [1.165, 1.54) is 0 Å². The molecule has 0 N–H and O–H groups in total. The third kappa shape index (κ3) is 2.49. The van der Waals surface area contributed by atoms with Gasteiger partial charge in [0, 0.05) is 11.8 Å². The van der Waals surface area contributed by atoms with Gasteiger partial charge in [-0.05, 0) is 53.1 Å². The fourth-order valence-corrected chi connectivity index (χ4v) is 2.04. The normalized spacial score (nSPS) is 20.6. The molecular weight excluding hydrogens is 241 g/mol. The monoisotopic (exact) mass is 263 g/mol. The van der Waals surface area contributed by atoms with Crippen LogP contribution in [0.5, 0.6) is 5.88 Å². The number of hydrogen-bond acceptors (Lipinski definition) is 4. The van der Waals surface area contributed by atoms with Crippen LogP contribution in [0.4, 0.5) is 0 Å². The van der Waals surface area contributed by atoms with Crippen molar-refractivity contribution in [3.8, 4) is 5.88 Å². The van der Waals surface area contributed by atoms with Crippen molar-refractivity contribution in [3.05, 3.63) is 17.8 Å². The van der Waals surface area contributed by atoms with E-state index in [1.807, 2.05) is 47.6 Å². The van der Waals surface area contributed by atoms with Crippen LogP contribution >= 0.6 is 0 Å². The molecule has 1 aliphatic rings. The minimum Gasteiger partial charge on any atom is -0.478 e. The van der Waals surface area contributed by atoms with Crippen LogP contribution in [0.1, 0.15) is 40.2 Å². The van der Waals surface area contributed by atoms with Crippen molar-refractivity contribution < 1.29 is 14.0 Å². The minimum absolute atomic E-state index is 0.334. The van der Waals surface area contributed by atoms with Gasteiger partial charge in [-0.25, -0.2) is 4.98 Å². The molecule has 0 spiro atoms. The van der Waals surface area contributed by atoms with Crippen molar-refractivity contribution in [1.82, 2.24) is 4.98 Å². The van der Waals surface area contributed by atoms with Crippen LogP contribution in [-0.4, -0.2) is 29.9 Å². The molecule has 0 bridgehead atoms. The van der Waals surface area contributed by atoms with E-state index >= 15 is 0 Å². The molecule has 19 heavy (non-hydrogen) atoms. The maximum atomic E-state index is 6.06. The van der Waals surface area contributed by atoms with E-state index in [9.17, 15) is 0 Å². The van der Waals surface area contributed by atoms with Crippen molar-refractivity contribution in [2.45, 2.75) is 52.7 Å². The summed E-state index contributed by atoms with van der Waals surface area (Å²) in [5, 5.41) is 0. The summed E-state index contributed by atoms with van der Waals surface area (Å²) in [6, 6.07) is 1.93. The summed E-state index contributed by atoms with van der Waals surface area (Å²) in [5.41, 5.74) is 1.29. The molecule has 0 unspecified atom stereocenters. The van der Waals surface area contributed by atoms with Crippen LogP contribution in [0.25, 0.3) is 0 Å². The van der Waals surface area contributed by atoms with Gasteiger partial charge >= 0.3 is 7.12 Å². The van der Waals surface area contributed by atoms with Gasteiger partial charge in [0.2, 0.25) is 5.88 Å². The summed E-state index contributed by atoms with van der Waals surface area (Å²) in [5.74, 6) is 0.648. The van der Waals surface area contributed by atoms with Gasteiger partial charge in [-0.3, -0.25) is 0 Å². The van der Waals surface area contributed by atoms with E-state index in [4.69, 9.17) is 14.0 Å². The van der Waals surface area contributed by atoms with Gasteiger partial charge in [-0.15, -0.1) is 0 Å². The van der Waals surface area contributed by atoms with E-state index < -0.39 is 0 Å². The lowest BCUT2D eigenvalue weighted by atomic mass is 9.77. The Balaban J connectivity index is 2.32. The molecule has 2 rings (SSSR count). The zero-order chi connectivity index (χ0) is 14.3. The number of hydrogen-bond donors (Lipinski definition) is 0. The van der Waals surface area contributed by atoms with Gasteiger partial charge in [0.05, 0.1) is 17.8 Å². The summed E-state index contributed by atoms with van der Waals surface area (Å²) in [6.45, 7) is 12.7. The average Bonchev–Trinajstić information content (AvgIpc) is 2.51. The predicted octanol–water partition coefficient (Wildman–Crippen LogP) is 2.09. The van der Waals surface area contributed by atoms with Crippen molar-refractivity contribution in [2.75, 3.05) is 6.61 Å². The molecular formula is C14H22BNO3. The van der Waals surface area contributed by atoms with Crippen LogP contribution < -0.4 is 10.2 Å². The van der Waals surface area contributed by atoms with Crippen LogP contribution in [0, 0.1) is 6.92 Å². The van der Waals surface area contributed by atoms with Gasteiger partial charge in [-0.1, -0.05) is 0 Å². The standard InChI is InChI=1S/C14H22BNO3/c1-7-17-12-10(2)11(8-9-16-12)15-18-13(3,4)14(5,6)19-15/h8-9H,7H2,1-6H3. The maximum Gasteiger partial charge on any atom is 0.495 e. The SMILES string of the molecule is CCOc1nccc(B2OC(C)(C)C(C)(C)O2)c1C. The second-order valence-corrected chi connectivity index (χ2v) is 5.85. The lowest BCUT2D eigenvalue weighted by Crippen LogP contribution is -2.41. The Morgan fingerprint density at radius 2 is 1.79 bits per heavy atom. The Bertz CT molecular complexity index is 458. The molecule has 0 radical (unpaired) electrons. The van der Waals surface area contributed by atoms with Crippen LogP contribution in [0.2, 0.25) is 0 Å². The van der Waals surface area contributed by atoms with Gasteiger partial charge in [0.1, 0.15) is 0 Å². The quantitative estimate of drug-likeness (QED) is 0.783. The third-order valence-electron chi connectivity index (χ3n) is 3.99. The van der Waals surface area contributed by atoms with Gasteiger partial charge in [0.25, 0.3) is 0 Å². The van der Waals surface area contributed by atoms with E-state index in [-0.39, 0.29) is 18.3 Å².